The molecule has 0 aliphatic rings. The van der Waals surface area contributed by atoms with Gasteiger partial charge >= 0.3 is 0 Å². The summed E-state index contributed by atoms with van der Waals surface area (Å²) in [5.41, 5.74) is 1.88. The minimum atomic E-state index is -0.180. The molecular weight excluding hydrogens is 281 g/mol. The van der Waals surface area contributed by atoms with Crippen LogP contribution in [0.15, 0.2) is 28.2 Å². The number of hydrogen-bond donors (Lipinski definition) is 1. The van der Waals surface area contributed by atoms with Crippen LogP contribution >= 0.6 is 15.9 Å². The standard InChI is InChI=1S/C14H19BrFN/c1-3-7-17-10-11(4-2)8-12-5-6-13(15)9-14(12)16/h5-6,8-9,17H,3-4,7,10H2,1-2H3. The van der Waals surface area contributed by atoms with Crippen LogP contribution in [0.3, 0.4) is 0 Å². The van der Waals surface area contributed by atoms with Gasteiger partial charge in [0.2, 0.25) is 0 Å². The van der Waals surface area contributed by atoms with E-state index in [-0.39, 0.29) is 5.82 Å². The highest BCUT2D eigenvalue weighted by Crippen LogP contribution is 2.18. The van der Waals surface area contributed by atoms with Gasteiger partial charge in [-0.1, -0.05) is 47.5 Å². The fraction of sp³-hybridized carbons (Fsp3) is 0.429. The van der Waals surface area contributed by atoms with Gasteiger partial charge in [0.15, 0.2) is 0 Å². The fourth-order valence-electron chi connectivity index (χ4n) is 1.54. The largest absolute Gasteiger partial charge is 0.313 e. The zero-order chi connectivity index (χ0) is 12.7. The molecule has 94 valence electrons. The molecule has 0 fully saturated rings. The Balaban J connectivity index is 2.75. The third kappa shape index (κ3) is 5.00. The number of benzene rings is 1. The molecule has 1 aromatic carbocycles. The van der Waals surface area contributed by atoms with E-state index in [0.29, 0.717) is 5.56 Å². The Bertz CT molecular complexity index is 388. The lowest BCUT2D eigenvalue weighted by Gasteiger charge is -2.07. The summed E-state index contributed by atoms with van der Waals surface area (Å²) < 4.78 is 14.4. The summed E-state index contributed by atoms with van der Waals surface area (Å²) >= 11 is 3.26. The van der Waals surface area contributed by atoms with Crippen molar-refractivity contribution in [2.75, 3.05) is 13.1 Å². The first-order valence-electron chi connectivity index (χ1n) is 6.02. The first-order valence-corrected chi connectivity index (χ1v) is 6.81. The van der Waals surface area contributed by atoms with Crippen LogP contribution in [0.5, 0.6) is 0 Å². The van der Waals surface area contributed by atoms with Gasteiger partial charge in [-0.3, -0.25) is 0 Å². The van der Waals surface area contributed by atoms with Crippen molar-refractivity contribution in [2.24, 2.45) is 0 Å². The Kier molecular flexibility index (Phi) is 6.45. The molecule has 0 saturated carbocycles. The van der Waals surface area contributed by atoms with Gasteiger partial charge in [-0.25, -0.2) is 4.39 Å². The average Bonchev–Trinajstić information content (AvgIpc) is 2.31. The first kappa shape index (κ1) is 14.4. The summed E-state index contributed by atoms with van der Waals surface area (Å²) in [5.74, 6) is -0.180. The van der Waals surface area contributed by atoms with E-state index in [4.69, 9.17) is 0 Å². The average molecular weight is 300 g/mol. The molecule has 1 nitrogen and oxygen atoms in total. The normalized spacial score (nSPS) is 11.9. The highest BCUT2D eigenvalue weighted by molar-refractivity contribution is 9.10. The van der Waals surface area contributed by atoms with E-state index in [2.05, 4.69) is 35.1 Å². The zero-order valence-corrected chi connectivity index (χ0v) is 12.0. The van der Waals surface area contributed by atoms with Crippen LogP contribution in [0.1, 0.15) is 32.3 Å². The number of nitrogens with one attached hydrogen (secondary N) is 1. The molecule has 1 rings (SSSR count). The predicted molar refractivity (Wildman–Crippen MR) is 75.5 cm³/mol. The van der Waals surface area contributed by atoms with E-state index >= 15 is 0 Å². The summed E-state index contributed by atoms with van der Waals surface area (Å²) in [6.45, 7) is 6.06. The van der Waals surface area contributed by atoms with E-state index < -0.39 is 0 Å². The van der Waals surface area contributed by atoms with E-state index in [1.54, 1.807) is 6.07 Å². The maximum Gasteiger partial charge on any atom is 0.131 e. The van der Waals surface area contributed by atoms with E-state index in [0.717, 1.165) is 30.4 Å². The zero-order valence-electron chi connectivity index (χ0n) is 10.4. The lowest BCUT2D eigenvalue weighted by molar-refractivity contribution is 0.623. The van der Waals surface area contributed by atoms with Crippen molar-refractivity contribution in [1.82, 2.24) is 5.32 Å². The summed E-state index contributed by atoms with van der Waals surface area (Å²) in [6.07, 6.45) is 3.99. The van der Waals surface area contributed by atoms with Gasteiger partial charge in [0.1, 0.15) is 5.82 Å². The van der Waals surface area contributed by atoms with Gasteiger partial charge in [0.05, 0.1) is 0 Å². The first-order chi connectivity index (χ1) is 8.17. The Labute approximate surface area is 111 Å². The number of rotatable bonds is 6. The van der Waals surface area contributed by atoms with Gasteiger partial charge in [-0.15, -0.1) is 0 Å². The molecule has 0 unspecified atom stereocenters. The Morgan fingerprint density at radius 3 is 2.76 bits per heavy atom. The Morgan fingerprint density at radius 1 is 1.41 bits per heavy atom. The third-order valence-corrected chi connectivity index (χ3v) is 3.05. The van der Waals surface area contributed by atoms with Gasteiger partial charge in [0, 0.05) is 16.6 Å². The number of halogens is 2. The second-order valence-corrected chi connectivity index (χ2v) is 4.91. The Hall–Kier alpha value is -0.670. The molecule has 0 saturated heterocycles. The van der Waals surface area contributed by atoms with Crippen molar-refractivity contribution in [1.29, 1.82) is 0 Å². The molecule has 0 spiro atoms. The van der Waals surface area contributed by atoms with Crippen LogP contribution in [-0.4, -0.2) is 13.1 Å². The van der Waals surface area contributed by atoms with Crippen molar-refractivity contribution in [3.8, 4) is 0 Å². The highest BCUT2D eigenvalue weighted by atomic mass is 79.9. The molecule has 0 radical (unpaired) electrons. The van der Waals surface area contributed by atoms with Gasteiger partial charge in [-0.05, 0) is 31.5 Å². The van der Waals surface area contributed by atoms with Gasteiger partial charge < -0.3 is 5.32 Å². The maximum atomic E-state index is 13.6. The highest BCUT2D eigenvalue weighted by Gasteiger charge is 2.01. The molecule has 1 N–H and O–H groups in total. The van der Waals surface area contributed by atoms with Crippen LogP contribution in [0.25, 0.3) is 6.08 Å². The number of hydrogen-bond acceptors (Lipinski definition) is 1. The smallest absolute Gasteiger partial charge is 0.131 e. The maximum absolute atomic E-state index is 13.6. The lowest BCUT2D eigenvalue weighted by atomic mass is 10.1. The summed E-state index contributed by atoms with van der Waals surface area (Å²) in [6, 6.07) is 5.16. The molecule has 17 heavy (non-hydrogen) atoms. The van der Waals surface area contributed by atoms with Gasteiger partial charge in [0.25, 0.3) is 0 Å². The molecule has 1 aromatic rings. The van der Waals surface area contributed by atoms with Gasteiger partial charge in [-0.2, -0.15) is 0 Å². The molecular formula is C14H19BrFN. The quantitative estimate of drug-likeness (QED) is 0.769. The SMILES string of the molecule is CCCNCC(=Cc1ccc(Br)cc1F)CC. The second kappa shape index (κ2) is 7.62. The third-order valence-electron chi connectivity index (χ3n) is 2.56. The topological polar surface area (TPSA) is 12.0 Å². The molecule has 0 heterocycles. The molecule has 0 aromatic heterocycles. The molecule has 0 atom stereocenters. The van der Waals surface area contributed by atoms with Crippen molar-refractivity contribution in [2.45, 2.75) is 26.7 Å². The summed E-state index contributed by atoms with van der Waals surface area (Å²) in [5, 5.41) is 3.34. The molecule has 3 heteroatoms. The monoisotopic (exact) mass is 299 g/mol. The van der Waals surface area contributed by atoms with Crippen LogP contribution < -0.4 is 5.32 Å². The summed E-state index contributed by atoms with van der Waals surface area (Å²) in [7, 11) is 0. The van der Waals surface area contributed by atoms with Crippen molar-refractivity contribution in [3.05, 3.63) is 39.6 Å². The molecule has 0 amide bonds. The Morgan fingerprint density at radius 2 is 2.18 bits per heavy atom. The van der Waals surface area contributed by atoms with Crippen molar-refractivity contribution < 1.29 is 4.39 Å². The van der Waals surface area contributed by atoms with Crippen LogP contribution in [0.4, 0.5) is 4.39 Å². The molecule has 0 aliphatic heterocycles. The van der Waals surface area contributed by atoms with Crippen molar-refractivity contribution >= 4 is 22.0 Å². The van der Waals surface area contributed by atoms with E-state index in [9.17, 15) is 4.39 Å². The van der Waals surface area contributed by atoms with E-state index in [1.807, 2.05) is 12.1 Å². The van der Waals surface area contributed by atoms with E-state index in [1.165, 1.54) is 11.6 Å². The van der Waals surface area contributed by atoms with Crippen LogP contribution in [0, 0.1) is 5.82 Å². The van der Waals surface area contributed by atoms with Crippen molar-refractivity contribution in [3.63, 3.8) is 0 Å². The van der Waals surface area contributed by atoms with Crippen LogP contribution in [-0.2, 0) is 0 Å². The minimum absolute atomic E-state index is 0.180. The summed E-state index contributed by atoms with van der Waals surface area (Å²) in [4.78, 5) is 0. The predicted octanol–water partition coefficient (Wildman–Crippen LogP) is 4.38. The lowest BCUT2D eigenvalue weighted by Crippen LogP contribution is -2.17. The molecule has 0 aliphatic carbocycles. The second-order valence-electron chi connectivity index (χ2n) is 4.00. The fourth-order valence-corrected chi connectivity index (χ4v) is 1.88. The molecule has 0 bridgehead atoms. The minimum Gasteiger partial charge on any atom is -0.313 e. The van der Waals surface area contributed by atoms with Crippen LogP contribution in [0.2, 0.25) is 0 Å².